The molecular formula is C21H25FN2O2S. The number of fused-ring (bicyclic) bond motifs is 4. The van der Waals surface area contributed by atoms with Crippen LogP contribution >= 0.6 is 11.3 Å². The third kappa shape index (κ3) is 2.93. The molecule has 27 heavy (non-hydrogen) atoms. The molecule has 0 unspecified atom stereocenters. The first kappa shape index (κ1) is 17.4. The summed E-state index contributed by atoms with van der Waals surface area (Å²) in [6.45, 7) is 6.69. The van der Waals surface area contributed by atoms with Crippen molar-refractivity contribution in [2.45, 2.75) is 57.2 Å². The lowest BCUT2D eigenvalue weighted by atomic mass is 9.72. The minimum absolute atomic E-state index is 0.0279. The van der Waals surface area contributed by atoms with E-state index in [1.807, 2.05) is 6.07 Å². The summed E-state index contributed by atoms with van der Waals surface area (Å²) in [4.78, 5) is 16.1. The molecular weight excluding hydrogens is 363 g/mol. The highest BCUT2D eigenvalue weighted by atomic mass is 32.1. The van der Waals surface area contributed by atoms with Gasteiger partial charge < -0.3 is 10.1 Å². The highest BCUT2D eigenvalue weighted by Crippen LogP contribution is 2.41. The SMILES string of the molecule is CC1(C)[C@H](NC(=O)c2cc3ccc(F)c(OC4CC4)c3s2)C2CCN1CC2. The first-order valence-electron chi connectivity index (χ1n) is 9.88. The first-order chi connectivity index (χ1) is 12.9. The highest BCUT2D eigenvalue weighted by molar-refractivity contribution is 7.21. The Labute approximate surface area is 162 Å². The average molecular weight is 389 g/mol. The van der Waals surface area contributed by atoms with Crippen molar-refractivity contribution in [1.82, 2.24) is 10.2 Å². The molecule has 1 saturated carbocycles. The number of thiophene rings is 1. The molecule has 2 aromatic rings. The van der Waals surface area contributed by atoms with E-state index in [-0.39, 0.29) is 29.4 Å². The maximum absolute atomic E-state index is 14.3. The molecule has 4 fully saturated rings. The number of amides is 1. The van der Waals surface area contributed by atoms with Crippen LogP contribution in [0.25, 0.3) is 10.1 Å². The molecule has 1 aromatic carbocycles. The fourth-order valence-electron chi connectivity index (χ4n) is 4.72. The minimum atomic E-state index is -0.346. The molecule has 6 heteroatoms. The molecule has 144 valence electrons. The van der Waals surface area contributed by atoms with Crippen LogP contribution in [-0.4, -0.2) is 41.6 Å². The van der Waals surface area contributed by atoms with E-state index in [1.54, 1.807) is 6.07 Å². The van der Waals surface area contributed by atoms with Crippen LogP contribution in [-0.2, 0) is 0 Å². The van der Waals surface area contributed by atoms with E-state index in [4.69, 9.17) is 4.74 Å². The Morgan fingerprint density at radius 1 is 1.26 bits per heavy atom. The molecule has 6 rings (SSSR count). The van der Waals surface area contributed by atoms with Gasteiger partial charge in [0.05, 0.1) is 15.7 Å². The van der Waals surface area contributed by atoms with Gasteiger partial charge in [-0.05, 0) is 76.1 Å². The second-order valence-electron chi connectivity index (χ2n) is 8.65. The van der Waals surface area contributed by atoms with E-state index >= 15 is 0 Å². The number of nitrogens with one attached hydrogen (secondary N) is 1. The molecule has 0 spiro atoms. The predicted octanol–water partition coefficient (Wildman–Crippen LogP) is 4.18. The standard InChI is InChI=1S/C21H25FN2O2S/c1-21(2)19(12-7-9-24(21)10-8-12)23-20(25)16-11-13-3-6-15(22)17(18(13)27-16)26-14-4-5-14/h3,6,11-12,14,19H,4-5,7-10H2,1-2H3,(H,23,25)/t19-/m1/s1. The van der Waals surface area contributed by atoms with E-state index in [1.165, 1.54) is 17.4 Å². The largest absolute Gasteiger partial charge is 0.486 e. The Morgan fingerprint density at radius 2 is 2.00 bits per heavy atom. The van der Waals surface area contributed by atoms with Gasteiger partial charge >= 0.3 is 0 Å². The second-order valence-corrected chi connectivity index (χ2v) is 9.70. The van der Waals surface area contributed by atoms with Gasteiger partial charge in [-0.1, -0.05) is 6.07 Å². The number of benzene rings is 1. The third-order valence-electron chi connectivity index (χ3n) is 6.50. The molecule has 4 heterocycles. The summed E-state index contributed by atoms with van der Waals surface area (Å²) in [7, 11) is 0. The number of carbonyl (C=O) groups excluding carboxylic acids is 1. The predicted molar refractivity (Wildman–Crippen MR) is 105 cm³/mol. The van der Waals surface area contributed by atoms with Gasteiger partial charge in [0, 0.05) is 11.6 Å². The van der Waals surface area contributed by atoms with Gasteiger partial charge in [0.1, 0.15) is 0 Å². The summed E-state index contributed by atoms with van der Waals surface area (Å²) in [5.41, 5.74) is -0.0279. The van der Waals surface area contributed by atoms with Crippen LogP contribution in [0.1, 0.15) is 49.2 Å². The number of hydrogen-bond donors (Lipinski definition) is 1. The van der Waals surface area contributed by atoms with E-state index in [0.29, 0.717) is 16.5 Å². The molecule has 1 N–H and O–H groups in total. The lowest BCUT2D eigenvalue weighted by molar-refractivity contribution is -0.0377. The van der Waals surface area contributed by atoms with E-state index < -0.39 is 0 Å². The van der Waals surface area contributed by atoms with Crippen molar-refractivity contribution in [3.63, 3.8) is 0 Å². The average Bonchev–Trinajstić information content (AvgIpc) is 3.36. The van der Waals surface area contributed by atoms with Crippen LogP contribution in [0.3, 0.4) is 0 Å². The lowest BCUT2D eigenvalue weighted by Crippen LogP contribution is -2.69. The van der Waals surface area contributed by atoms with Gasteiger partial charge in [0.15, 0.2) is 11.6 Å². The van der Waals surface area contributed by atoms with Gasteiger partial charge in [0.2, 0.25) is 0 Å². The van der Waals surface area contributed by atoms with Crippen molar-refractivity contribution in [2.75, 3.05) is 13.1 Å². The van der Waals surface area contributed by atoms with Crippen molar-refractivity contribution in [2.24, 2.45) is 5.92 Å². The number of rotatable bonds is 4. The molecule has 1 amide bonds. The summed E-state index contributed by atoms with van der Waals surface area (Å²) in [5, 5.41) is 4.17. The van der Waals surface area contributed by atoms with Crippen molar-refractivity contribution in [3.05, 3.63) is 28.9 Å². The molecule has 1 atom stereocenters. The fourth-order valence-corrected chi connectivity index (χ4v) is 5.76. The smallest absolute Gasteiger partial charge is 0.261 e. The Kier molecular flexibility index (Phi) is 3.99. The summed E-state index contributed by atoms with van der Waals surface area (Å²) < 4.78 is 20.8. The quantitative estimate of drug-likeness (QED) is 0.854. The van der Waals surface area contributed by atoms with E-state index in [9.17, 15) is 9.18 Å². The molecule has 3 aliphatic heterocycles. The Morgan fingerprint density at radius 3 is 2.67 bits per heavy atom. The van der Waals surface area contributed by atoms with Gasteiger partial charge in [0.25, 0.3) is 5.91 Å². The van der Waals surface area contributed by atoms with Crippen LogP contribution in [0.2, 0.25) is 0 Å². The Balaban J connectivity index is 1.42. The van der Waals surface area contributed by atoms with Crippen molar-refractivity contribution in [1.29, 1.82) is 0 Å². The zero-order valence-electron chi connectivity index (χ0n) is 15.8. The number of hydrogen-bond acceptors (Lipinski definition) is 4. The fraction of sp³-hybridized carbons (Fsp3) is 0.571. The van der Waals surface area contributed by atoms with Crippen molar-refractivity contribution >= 4 is 27.3 Å². The Hall–Kier alpha value is -1.66. The summed E-state index contributed by atoms with van der Waals surface area (Å²) in [6.07, 6.45) is 4.36. The van der Waals surface area contributed by atoms with Crippen LogP contribution in [0.5, 0.6) is 5.75 Å². The number of piperidine rings is 3. The molecule has 0 radical (unpaired) electrons. The molecule has 4 aliphatic rings. The summed E-state index contributed by atoms with van der Waals surface area (Å²) in [5.74, 6) is 0.444. The lowest BCUT2D eigenvalue weighted by Gasteiger charge is -2.56. The maximum atomic E-state index is 14.3. The molecule has 4 nitrogen and oxygen atoms in total. The highest BCUT2D eigenvalue weighted by Gasteiger charge is 2.48. The Bertz CT molecular complexity index is 897. The van der Waals surface area contributed by atoms with Gasteiger partial charge in [-0.3, -0.25) is 9.69 Å². The maximum Gasteiger partial charge on any atom is 0.261 e. The summed E-state index contributed by atoms with van der Waals surface area (Å²) >= 11 is 1.33. The second kappa shape index (κ2) is 6.17. The van der Waals surface area contributed by atoms with Crippen LogP contribution in [0, 0.1) is 11.7 Å². The topological polar surface area (TPSA) is 41.6 Å². The van der Waals surface area contributed by atoms with Gasteiger partial charge in [-0.15, -0.1) is 11.3 Å². The summed E-state index contributed by atoms with van der Waals surface area (Å²) in [6, 6.07) is 5.18. The number of halogens is 1. The van der Waals surface area contributed by atoms with Crippen LogP contribution in [0.4, 0.5) is 4.39 Å². The number of nitrogens with zero attached hydrogens (tertiary/aromatic N) is 1. The third-order valence-corrected chi connectivity index (χ3v) is 7.65. The van der Waals surface area contributed by atoms with E-state index in [0.717, 1.165) is 48.9 Å². The first-order valence-corrected chi connectivity index (χ1v) is 10.7. The van der Waals surface area contributed by atoms with Crippen LogP contribution in [0.15, 0.2) is 18.2 Å². The van der Waals surface area contributed by atoms with Crippen molar-refractivity contribution < 1.29 is 13.9 Å². The van der Waals surface area contributed by atoms with Crippen molar-refractivity contribution in [3.8, 4) is 5.75 Å². The van der Waals surface area contributed by atoms with E-state index in [2.05, 4.69) is 24.1 Å². The molecule has 3 saturated heterocycles. The normalized spacial score (nSPS) is 29.1. The zero-order valence-corrected chi connectivity index (χ0v) is 16.6. The molecule has 1 aromatic heterocycles. The molecule has 1 aliphatic carbocycles. The number of ether oxygens (including phenoxy) is 1. The zero-order chi connectivity index (χ0) is 18.8. The van der Waals surface area contributed by atoms with Gasteiger partial charge in [-0.25, -0.2) is 4.39 Å². The number of carbonyl (C=O) groups is 1. The van der Waals surface area contributed by atoms with Gasteiger partial charge in [-0.2, -0.15) is 0 Å². The molecule has 2 bridgehead atoms. The minimum Gasteiger partial charge on any atom is -0.486 e. The monoisotopic (exact) mass is 388 g/mol. The van der Waals surface area contributed by atoms with Crippen LogP contribution < -0.4 is 10.1 Å².